The number of aliphatic carboxylic acids is 1. The van der Waals surface area contributed by atoms with Crippen molar-refractivity contribution in [1.82, 2.24) is 15.6 Å². The lowest BCUT2D eigenvalue weighted by atomic mass is 10.1. The zero-order valence-electron chi connectivity index (χ0n) is 16.9. The summed E-state index contributed by atoms with van der Waals surface area (Å²) in [7, 11) is 0. The normalized spacial score (nSPS) is 24.2. The third-order valence-electron chi connectivity index (χ3n) is 5.33. The molecule has 2 aliphatic carbocycles. The van der Waals surface area contributed by atoms with Crippen molar-refractivity contribution in [2.45, 2.75) is 56.3 Å². The number of carboxylic acids is 1. The van der Waals surface area contributed by atoms with E-state index in [2.05, 4.69) is 21.7 Å². The van der Waals surface area contributed by atoms with Crippen LogP contribution >= 0.6 is 0 Å². The number of nitrogens with one attached hydrogen (secondary N) is 2. The third kappa shape index (κ3) is 7.89. The summed E-state index contributed by atoms with van der Waals surface area (Å²) >= 11 is 0. The van der Waals surface area contributed by atoms with Crippen LogP contribution in [0.1, 0.15) is 43.6 Å². The fraction of sp³-hybridized carbons (Fsp3) is 0.650. The van der Waals surface area contributed by atoms with Crippen LogP contribution in [0.5, 0.6) is 5.75 Å². The fourth-order valence-corrected chi connectivity index (χ4v) is 3.12. The molecule has 11 heteroatoms. The van der Waals surface area contributed by atoms with Crippen molar-refractivity contribution in [1.29, 1.82) is 0 Å². The van der Waals surface area contributed by atoms with Gasteiger partial charge in [-0.3, -0.25) is 4.98 Å². The van der Waals surface area contributed by atoms with Crippen LogP contribution in [0.25, 0.3) is 0 Å². The van der Waals surface area contributed by atoms with Gasteiger partial charge in [0.05, 0.1) is 12.8 Å². The summed E-state index contributed by atoms with van der Waals surface area (Å²) in [5.41, 5.74) is 1.24. The lowest BCUT2D eigenvalue weighted by Crippen LogP contribution is -2.46. The molecular weight excluding hydrogens is 419 g/mol. The molecule has 1 aromatic rings. The summed E-state index contributed by atoms with van der Waals surface area (Å²) in [6, 6.07) is 2.95. The number of hydrogen-bond donors (Lipinski definition) is 3. The number of carboxylic acid groups (broad SMARTS) is 1. The van der Waals surface area contributed by atoms with Gasteiger partial charge in [-0.15, -0.1) is 0 Å². The molecule has 2 heterocycles. The molecule has 3 atom stereocenters. The van der Waals surface area contributed by atoms with E-state index in [1.54, 1.807) is 6.20 Å². The molecule has 3 fully saturated rings. The average molecular weight is 445 g/mol. The van der Waals surface area contributed by atoms with Gasteiger partial charge in [0, 0.05) is 18.3 Å². The number of carbonyl (C=O) groups is 2. The van der Waals surface area contributed by atoms with Crippen molar-refractivity contribution in [3.05, 3.63) is 24.0 Å². The molecule has 0 unspecified atom stereocenters. The maximum Gasteiger partial charge on any atom is 0.490 e. The maximum atomic E-state index is 11.5. The Kier molecular flexibility index (Phi) is 7.58. The SMILES string of the molecule is O=C(NC1CC1)OCC[C@H]1C[C@@H]1c1cncc(OC[C@@H]2CCN2)c1.O=C(O)C(F)(F)F. The standard InChI is InChI=1S/C18H25N3O3.C2HF3O2/c22-18(21-14-1-2-14)23-6-4-12-8-17(12)13-7-16(10-19-9-13)24-11-15-3-5-20-15;3-2(4,5)1(6)7/h7,9-10,12,14-15,17,20H,1-6,8,11H2,(H,21,22);(H,6,7)/t12-,15-,17-;/m0./s1. The summed E-state index contributed by atoms with van der Waals surface area (Å²) in [6.07, 6.45) is 3.78. The molecule has 3 aliphatic rings. The summed E-state index contributed by atoms with van der Waals surface area (Å²) in [6.45, 7) is 2.30. The van der Waals surface area contributed by atoms with Gasteiger partial charge in [0.2, 0.25) is 0 Å². The van der Waals surface area contributed by atoms with E-state index in [1.165, 1.54) is 12.0 Å². The Morgan fingerprint density at radius 3 is 2.55 bits per heavy atom. The van der Waals surface area contributed by atoms with E-state index in [0.29, 0.717) is 37.1 Å². The molecular formula is C20H26F3N3O5. The van der Waals surface area contributed by atoms with Gasteiger partial charge in [-0.2, -0.15) is 13.2 Å². The molecule has 4 rings (SSSR count). The number of hydrogen-bond acceptors (Lipinski definition) is 6. The summed E-state index contributed by atoms with van der Waals surface area (Å²) < 4.78 is 42.8. The fourth-order valence-electron chi connectivity index (χ4n) is 3.12. The smallest absolute Gasteiger partial charge is 0.490 e. The van der Waals surface area contributed by atoms with Crippen LogP contribution in [-0.4, -0.2) is 60.2 Å². The molecule has 8 nitrogen and oxygen atoms in total. The highest BCUT2D eigenvalue weighted by molar-refractivity contribution is 5.73. The van der Waals surface area contributed by atoms with E-state index in [0.717, 1.165) is 38.0 Å². The van der Waals surface area contributed by atoms with Crippen molar-refractivity contribution in [2.24, 2.45) is 5.92 Å². The van der Waals surface area contributed by atoms with Gasteiger partial charge < -0.3 is 25.2 Å². The van der Waals surface area contributed by atoms with E-state index in [4.69, 9.17) is 19.4 Å². The zero-order valence-corrected chi connectivity index (χ0v) is 16.9. The molecule has 31 heavy (non-hydrogen) atoms. The summed E-state index contributed by atoms with van der Waals surface area (Å²) in [4.78, 5) is 24.7. The number of alkyl halides is 3. The highest BCUT2D eigenvalue weighted by Gasteiger charge is 2.39. The second-order valence-corrected chi connectivity index (χ2v) is 7.95. The number of amides is 1. The number of pyridine rings is 1. The molecule has 1 aromatic heterocycles. The van der Waals surface area contributed by atoms with Crippen LogP contribution in [-0.2, 0) is 9.53 Å². The van der Waals surface area contributed by atoms with Crippen LogP contribution in [0.4, 0.5) is 18.0 Å². The van der Waals surface area contributed by atoms with Gasteiger partial charge in [-0.25, -0.2) is 9.59 Å². The van der Waals surface area contributed by atoms with Crippen LogP contribution in [0.15, 0.2) is 18.5 Å². The van der Waals surface area contributed by atoms with Gasteiger partial charge in [-0.05, 0) is 62.1 Å². The van der Waals surface area contributed by atoms with E-state index in [9.17, 15) is 18.0 Å². The highest BCUT2D eigenvalue weighted by atomic mass is 19.4. The number of aromatic nitrogens is 1. The van der Waals surface area contributed by atoms with Crippen LogP contribution in [0.2, 0.25) is 0 Å². The minimum Gasteiger partial charge on any atom is -0.490 e. The number of halogens is 3. The Bertz CT molecular complexity index is 769. The van der Waals surface area contributed by atoms with E-state index < -0.39 is 12.1 Å². The summed E-state index contributed by atoms with van der Waals surface area (Å²) in [5, 5.41) is 13.3. The largest absolute Gasteiger partial charge is 0.490 e. The molecule has 3 N–H and O–H groups in total. The van der Waals surface area contributed by atoms with Crippen molar-refractivity contribution < 1.29 is 37.3 Å². The van der Waals surface area contributed by atoms with Gasteiger partial charge in [0.15, 0.2) is 0 Å². The molecule has 1 aliphatic heterocycles. The first-order valence-corrected chi connectivity index (χ1v) is 10.3. The van der Waals surface area contributed by atoms with Crippen molar-refractivity contribution in [3.8, 4) is 5.75 Å². The van der Waals surface area contributed by atoms with Gasteiger partial charge >= 0.3 is 18.2 Å². The molecule has 2 saturated carbocycles. The molecule has 172 valence electrons. The zero-order chi connectivity index (χ0) is 22.4. The van der Waals surface area contributed by atoms with Crippen molar-refractivity contribution in [3.63, 3.8) is 0 Å². The van der Waals surface area contributed by atoms with Crippen molar-refractivity contribution in [2.75, 3.05) is 19.8 Å². The summed E-state index contributed by atoms with van der Waals surface area (Å²) in [5.74, 6) is -0.790. The predicted octanol–water partition coefficient (Wildman–Crippen LogP) is 2.84. The van der Waals surface area contributed by atoms with Gasteiger partial charge in [-0.1, -0.05) is 0 Å². The minimum absolute atomic E-state index is 0.267. The second kappa shape index (κ2) is 10.2. The number of ether oxygens (including phenoxy) is 2. The quantitative estimate of drug-likeness (QED) is 0.564. The van der Waals surface area contributed by atoms with E-state index >= 15 is 0 Å². The van der Waals surface area contributed by atoms with Gasteiger partial charge in [0.25, 0.3) is 0 Å². The minimum atomic E-state index is -5.08. The Balaban J connectivity index is 0.000000339. The average Bonchev–Trinajstić information content (AvgIpc) is 3.57. The first kappa shape index (κ1) is 23.1. The molecule has 0 radical (unpaired) electrons. The van der Waals surface area contributed by atoms with Crippen LogP contribution in [0.3, 0.4) is 0 Å². The molecule has 1 amide bonds. The van der Waals surface area contributed by atoms with Crippen molar-refractivity contribution >= 4 is 12.1 Å². The molecule has 0 aromatic carbocycles. The van der Waals surface area contributed by atoms with E-state index in [1.807, 2.05) is 6.20 Å². The number of rotatable bonds is 8. The van der Waals surface area contributed by atoms with E-state index in [-0.39, 0.29) is 6.09 Å². The van der Waals surface area contributed by atoms with Crippen LogP contribution < -0.4 is 15.4 Å². The topological polar surface area (TPSA) is 110 Å². The van der Waals surface area contributed by atoms with Crippen LogP contribution in [0, 0.1) is 5.92 Å². The highest BCUT2D eigenvalue weighted by Crippen LogP contribution is 2.49. The number of carbonyl (C=O) groups excluding carboxylic acids is 1. The Labute approximate surface area is 177 Å². The first-order valence-electron chi connectivity index (χ1n) is 10.3. The first-order chi connectivity index (χ1) is 14.7. The number of alkyl carbamates (subject to hydrolysis) is 1. The monoisotopic (exact) mass is 445 g/mol. The number of nitrogens with zero attached hydrogens (tertiary/aromatic N) is 1. The Morgan fingerprint density at radius 2 is 1.97 bits per heavy atom. The lowest BCUT2D eigenvalue weighted by Gasteiger charge is -2.27. The second-order valence-electron chi connectivity index (χ2n) is 7.95. The Hall–Kier alpha value is -2.56. The maximum absolute atomic E-state index is 11.5. The predicted molar refractivity (Wildman–Crippen MR) is 103 cm³/mol. The molecule has 0 spiro atoms. The Morgan fingerprint density at radius 1 is 1.26 bits per heavy atom. The third-order valence-corrected chi connectivity index (χ3v) is 5.33. The van der Waals surface area contributed by atoms with Gasteiger partial charge in [0.1, 0.15) is 12.4 Å². The molecule has 0 bridgehead atoms. The molecule has 1 saturated heterocycles. The lowest BCUT2D eigenvalue weighted by molar-refractivity contribution is -0.192.